The molecule has 4 aromatic rings. The largest absolute Gasteiger partial charge is 0.394 e. The number of benzene rings is 3. The van der Waals surface area contributed by atoms with E-state index >= 15 is 0 Å². The molecule has 5 rings (SSSR count). The Kier molecular flexibility index (Phi) is 6.83. The average Bonchev–Trinajstić information content (AvgIpc) is 3.38. The number of carbonyl (C=O) groups is 2. The normalized spacial score (nSPS) is 15.3. The number of aromatic nitrogens is 2. The molecule has 9 nitrogen and oxygen atoms in total. The topological polar surface area (TPSA) is 123 Å². The Morgan fingerprint density at radius 1 is 1.19 bits per heavy atom. The number of hydrogen-bond donors (Lipinski definition) is 3. The standard InChI is InChI=1S/C28H26N6O3/c29-13-19-4-6-20(7-5-19)16-33-18-30-14-23(33)15-32-22-8-9-24-21(12-22)2-1-3-25(24)28(37)34-11-10-31-27(36)26(34)17-35/h1-9,12,14,18,26,32,35H,10-11,15-17H2,(H,31,36)/t26-/m0/s1. The van der Waals surface area contributed by atoms with Gasteiger partial charge in [0.25, 0.3) is 5.91 Å². The Bertz CT molecular complexity index is 1490. The van der Waals surface area contributed by atoms with Gasteiger partial charge in [0.05, 0.1) is 36.8 Å². The molecular formula is C28H26N6O3. The number of fused-ring (bicyclic) bond motifs is 1. The van der Waals surface area contributed by atoms with Crippen LogP contribution in [0.4, 0.5) is 5.69 Å². The van der Waals surface area contributed by atoms with Crippen LogP contribution < -0.4 is 10.6 Å². The van der Waals surface area contributed by atoms with E-state index in [2.05, 4.69) is 26.3 Å². The highest BCUT2D eigenvalue weighted by Crippen LogP contribution is 2.25. The van der Waals surface area contributed by atoms with Gasteiger partial charge in [-0.05, 0) is 46.7 Å². The van der Waals surface area contributed by atoms with Gasteiger partial charge in [0.2, 0.25) is 5.91 Å². The van der Waals surface area contributed by atoms with Gasteiger partial charge in [0.15, 0.2) is 0 Å². The molecule has 37 heavy (non-hydrogen) atoms. The molecule has 1 aromatic heterocycles. The third-order valence-electron chi connectivity index (χ3n) is 6.58. The van der Waals surface area contributed by atoms with Crippen molar-refractivity contribution in [3.05, 3.63) is 95.6 Å². The molecule has 0 bridgehead atoms. The van der Waals surface area contributed by atoms with Crippen molar-refractivity contribution < 1.29 is 14.7 Å². The van der Waals surface area contributed by atoms with Crippen LogP contribution in [0.2, 0.25) is 0 Å². The first-order chi connectivity index (χ1) is 18.1. The maximum atomic E-state index is 13.3. The second-order valence-electron chi connectivity index (χ2n) is 8.90. The van der Waals surface area contributed by atoms with E-state index in [-0.39, 0.29) is 11.8 Å². The van der Waals surface area contributed by atoms with Crippen LogP contribution in [-0.4, -0.2) is 57.1 Å². The van der Waals surface area contributed by atoms with Gasteiger partial charge in [0.1, 0.15) is 6.04 Å². The first-order valence-electron chi connectivity index (χ1n) is 12.0. The van der Waals surface area contributed by atoms with E-state index < -0.39 is 12.6 Å². The molecule has 0 spiro atoms. The Hall–Kier alpha value is -4.68. The molecule has 9 heteroatoms. The molecule has 0 saturated carbocycles. The van der Waals surface area contributed by atoms with Crippen molar-refractivity contribution in [1.82, 2.24) is 19.8 Å². The quantitative estimate of drug-likeness (QED) is 0.363. The number of hydrogen-bond acceptors (Lipinski definition) is 6. The second-order valence-corrected chi connectivity index (χ2v) is 8.90. The molecule has 1 saturated heterocycles. The predicted molar refractivity (Wildman–Crippen MR) is 139 cm³/mol. The fourth-order valence-electron chi connectivity index (χ4n) is 4.59. The number of nitrogens with one attached hydrogen (secondary N) is 2. The number of nitrogens with zero attached hydrogens (tertiary/aromatic N) is 4. The average molecular weight is 495 g/mol. The summed E-state index contributed by atoms with van der Waals surface area (Å²) < 4.78 is 2.05. The zero-order valence-electron chi connectivity index (χ0n) is 20.1. The van der Waals surface area contributed by atoms with E-state index in [1.165, 1.54) is 4.90 Å². The third kappa shape index (κ3) is 5.01. The molecule has 2 heterocycles. The molecule has 0 unspecified atom stereocenters. The van der Waals surface area contributed by atoms with Crippen LogP contribution in [0, 0.1) is 11.3 Å². The van der Waals surface area contributed by atoms with E-state index in [1.54, 1.807) is 12.4 Å². The van der Waals surface area contributed by atoms with Crippen LogP contribution in [-0.2, 0) is 17.9 Å². The molecule has 1 fully saturated rings. The molecular weight excluding hydrogens is 468 g/mol. The summed E-state index contributed by atoms with van der Waals surface area (Å²) in [4.78, 5) is 31.2. The smallest absolute Gasteiger partial charge is 0.255 e. The highest BCUT2D eigenvalue weighted by atomic mass is 16.3. The molecule has 2 amide bonds. The van der Waals surface area contributed by atoms with Crippen molar-refractivity contribution in [2.24, 2.45) is 0 Å². The maximum absolute atomic E-state index is 13.3. The number of anilines is 1. The zero-order chi connectivity index (χ0) is 25.8. The third-order valence-corrected chi connectivity index (χ3v) is 6.58. The number of amides is 2. The van der Waals surface area contributed by atoms with Crippen LogP contribution in [0.15, 0.2) is 73.2 Å². The van der Waals surface area contributed by atoms with Gasteiger partial charge in [-0.25, -0.2) is 4.98 Å². The van der Waals surface area contributed by atoms with Crippen LogP contribution in [0.1, 0.15) is 27.2 Å². The van der Waals surface area contributed by atoms with Gasteiger partial charge in [-0.1, -0.05) is 30.3 Å². The monoisotopic (exact) mass is 494 g/mol. The van der Waals surface area contributed by atoms with Crippen molar-refractivity contribution in [3.63, 3.8) is 0 Å². The van der Waals surface area contributed by atoms with Crippen LogP contribution in [0.25, 0.3) is 10.8 Å². The Morgan fingerprint density at radius 2 is 2.03 bits per heavy atom. The number of rotatable bonds is 7. The number of nitriles is 1. The van der Waals surface area contributed by atoms with E-state index in [0.29, 0.717) is 37.3 Å². The summed E-state index contributed by atoms with van der Waals surface area (Å²) in [5.74, 6) is -0.612. The van der Waals surface area contributed by atoms with Gasteiger partial charge < -0.3 is 25.2 Å². The Labute approximate surface area is 214 Å². The first kappa shape index (κ1) is 24.0. The summed E-state index contributed by atoms with van der Waals surface area (Å²) >= 11 is 0. The lowest BCUT2D eigenvalue weighted by Gasteiger charge is -2.34. The minimum Gasteiger partial charge on any atom is -0.394 e. The van der Waals surface area contributed by atoms with Gasteiger partial charge in [-0.2, -0.15) is 5.26 Å². The molecule has 1 atom stereocenters. The summed E-state index contributed by atoms with van der Waals surface area (Å²) in [5, 5.41) is 26.4. The fourth-order valence-corrected chi connectivity index (χ4v) is 4.59. The van der Waals surface area contributed by atoms with E-state index in [9.17, 15) is 14.7 Å². The molecule has 1 aliphatic rings. The summed E-state index contributed by atoms with van der Waals surface area (Å²) in [7, 11) is 0. The molecule has 3 aromatic carbocycles. The summed E-state index contributed by atoms with van der Waals surface area (Å²) in [6, 6.07) is 20.1. The van der Waals surface area contributed by atoms with Crippen molar-refractivity contribution in [2.75, 3.05) is 25.0 Å². The van der Waals surface area contributed by atoms with E-state index in [0.717, 1.165) is 27.7 Å². The predicted octanol–water partition coefficient (Wildman–Crippen LogP) is 2.50. The first-order valence-corrected chi connectivity index (χ1v) is 12.0. The highest BCUT2D eigenvalue weighted by Gasteiger charge is 2.33. The number of carbonyl (C=O) groups excluding carboxylic acids is 2. The van der Waals surface area contributed by atoms with Gasteiger partial charge >= 0.3 is 0 Å². The number of imidazole rings is 1. The summed E-state index contributed by atoms with van der Waals surface area (Å²) in [6.45, 7) is 1.50. The van der Waals surface area contributed by atoms with Crippen LogP contribution in [0.5, 0.6) is 0 Å². The van der Waals surface area contributed by atoms with Crippen molar-refractivity contribution in [3.8, 4) is 6.07 Å². The Balaban J connectivity index is 1.31. The SMILES string of the molecule is N#Cc1ccc(Cn2cncc2CNc2ccc3c(C(=O)N4CCNC(=O)[C@@H]4CO)cccc3c2)cc1. The van der Waals surface area contributed by atoms with Gasteiger partial charge in [-0.15, -0.1) is 0 Å². The molecule has 186 valence electrons. The maximum Gasteiger partial charge on any atom is 0.255 e. The molecule has 3 N–H and O–H groups in total. The highest BCUT2D eigenvalue weighted by molar-refractivity contribution is 6.09. The van der Waals surface area contributed by atoms with Crippen LogP contribution in [0.3, 0.4) is 0 Å². The number of piperazine rings is 1. The van der Waals surface area contributed by atoms with Crippen molar-refractivity contribution in [1.29, 1.82) is 5.26 Å². The molecule has 0 aliphatic carbocycles. The lowest BCUT2D eigenvalue weighted by molar-refractivity contribution is -0.129. The number of aliphatic hydroxyl groups is 1. The van der Waals surface area contributed by atoms with Crippen molar-refractivity contribution in [2.45, 2.75) is 19.1 Å². The van der Waals surface area contributed by atoms with E-state index in [4.69, 9.17) is 5.26 Å². The number of aliphatic hydroxyl groups excluding tert-OH is 1. The zero-order valence-corrected chi connectivity index (χ0v) is 20.1. The lowest BCUT2D eigenvalue weighted by atomic mass is 10.0. The summed E-state index contributed by atoms with van der Waals surface area (Å²) in [6.07, 6.45) is 3.61. The van der Waals surface area contributed by atoms with Gasteiger partial charge in [-0.3, -0.25) is 9.59 Å². The molecule has 0 radical (unpaired) electrons. The summed E-state index contributed by atoms with van der Waals surface area (Å²) in [5.41, 5.74) is 4.11. The van der Waals surface area contributed by atoms with Gasteiger partial charge in [0, 0.05) is 37.1 Å². The fraction of sp³-hybridized carbons (Fsp3) is 0.214. The van der Waals surface area contributed by atoms with E-state index in [1.807, 2.05) is 60.8 Å². The lowest BCUT2D eigenvalue weighted by Crippen LogP contribution is -2.58. The minimum absolute atomic E-state index is 0.271. The molecule has 1 aliphatic heterocycles. The second kappa shape index (κ2) is 10.5. The Morgan fingerprint density at radius 3 is 2.81 bits per heavy atom. The van der Waals surface area contributed by atoms with Crippen LogP contribution >= 0.6 is 0 Å². The minimum atomic E-state index is -0.883. The van der Waals surface area contributed by atoms with Crippen molar-refractivity contribution >= 4 is 28.3 Å².